The molecule has 1 atom stereocenters. The van der Waals surface area contributed by atoms with E-state index >= 15 is 0 Å². The number of hydrogen-bond acceptors (Lipinski definition) is 3. The fourth-order valence-corrected chi connectivity index (χ4v) is 1.55. The van der Waals surface area contributed by atoms with Crippen LogP contribution in [0.15, 0.2) is 0 Å². The highest BCUT2D eigenvalue weighted by Gasteiger charge is 2.27. The van der Waals surface area contributed by atoms with Gasteiger partial charge in [0.15, 0.2) is 0 Å². The van der Waals surface area contributed by atoms with Crippen molar-refractivity contribution in [2.24, 2.45) is 5.92 Å². The van der Waals surface area contributed by atoms with Gasteiger partial charge in [0.2, 0.25) is 0 Å². The minimum absolute atomic E-state index is 0.0550. The van der Waals surface area contributed by atoms with Gasteiger partial charge in [-0.3, -0.25) is 9.59 Å². The van der Waals surface area contributed by atoms with Crippen LogP contribution in [0.25, 0.3) is 0 Å². The first-order valence-electron chi connectivity index (χ1n) is 4.36. The summed E-state index contributed by atoms with van der Waals surface area (Å²) in [4.78, 5) is 22.4. The largest absolute Gasteiger partial charge is 0.468 e. The molecule has 1 saturated carbocycles. The molecule has 0 saturated heterocycles. The predicted octanol–water partition coefficient (Wildman–Crippen LogP) is 1.31. The molecule has 0 radical (unpaired) electrons. The molecule has 68 valence electrons. The van der Waals surface area contributed by atoms with Gasteiger partial charge in [0.25, 0.3) is 0 Å². The van der Waals surface area contributed by atoms with Crippen molar-refractivity contribution in [3.63, 3.8) is 0 Å². The third kappa shape index (κ3) is 2.06. The second kappa shape index (κ2) is 4.24. The molecule has 1 rings (SSSR count). The maximum atomic E-state index is 11.3. The van der Waals surface area contributed by atoms with Crippen molar-refractivity contribution in [1.82, 2.24) is 0 Å². The minimum atomic E-state index is -0.475. The van der Waals surface area contributed by atoms with Gasteiger partial charge in [-0.05, 0) is 12.8 Å². The molecule has 0 aromatic heterocycles. The monoisotopic (exact) mass is 170 g/mol. The minimum Gasteiger partial charge on any atom is -0.468 e. The zero-order chi connectivity index (χ0) is 8.97. The number of hydrogen-bond donors (Lipinski definition) is 0. The van der Waals surface area contributed by atoms with Crippen LogP contribution in [0.5, 0.6) is 0 Å². The second-order valence-electron chi connectivity index (χ2n) is 3.14. The first-order valence-corrected chi connectivity index (χ1v) is 4.36. The highest BCUT2D eigenvalue weighted by atomic mass is 16.5. The SMILES string of the molecule is COC(=O)C1CCCCCC1=O. The van der Waals surface area contributed by atoms with Crippen LogP contribution in [-0.2, 0) is 14.3 Å². The number of carbonyl (C=O) groups excluding carboxylic acids is 2. The molecule has 1 aliphatic carbocycles. The number of carbonyl (C=O) groups is 2. The number of rotatable bonds is 1. The second-order valence-corrected chi connectivity index (χ2v) is 3.14. The quantitative estimate of drug-likeness (QED) is 0.338. The van der Waals surface area contributed by atoms with Crippen LogP contribution in [0.4, 0.5) is 0 Å². The number of methoxy groups -OCH3 is 1. The molecule has 0 spiro atoms. The number of ketones is 1. The summed E-state index contributed by atoms with van der Waals surface area (Å²) in [5.41, 5.74) is 0. The van der Waals surface area contributed by atoms with Crippen LogP contribution < -0.4 is 0 Å². The molecule has 0 aliphatic heterocycles. The maximum absolute atomic E-state index is 11.3. The zero-order valence-corrected chi connectivity index (χ0v) is 7.34. The Bertz CT molecular complexity index is 186. The van der Waals surface area contributed by atoms with Crippen LogP contribution in [0.1, 0.15) is 32.1 Å². The van der Waals surface area contributed by atoms with E-state index in [0.717, 1.165) is 19.3 Å². The third-order valence-corrected chi connectivity index (χ3v) is 2.29. The number of ether oxygens (including phenoxy) is 1. The first kappa shape index (κ1) is 9.23. The van der Waals surface area contributed by atoms with Crippen LogP contribution in [0.3, 0.4) is 0 Å². The molecule has 0 N–H and O–H groups in total. The lowest BCUT2D eigenvalue weighted by Crippen LogP contribution is -2.23. The van der Waals surface area contributed by atoms with E-state index in [2.05, 4.69) is 4.74 Å². The van der Waals surface area contributed by atoms with Gasteiger partial charge in [-0.25, -0.2) is 0 Å². The molecule has 3 nitrogen and oxygen atoms in total. The molecule has 3 heteroatoms. The predicted molar refractivity (Wildman–Crippen MR) is 43.6 cm³/mol. The first-order chi connectivity index (χ1) is 5.75. The molecule has 1 unspecified atom stereocenters. The van der Waals surface area contributed by atoms with Gasteiger partial charge in [-0.1, -0.05) is 12.8 Å². The van der Waals surface area contributed by atoms with Gasteiger partial charge in [0.05, 0.1) is 7.11 Å². The van der Waals surface area contributed by atoms with Crippen molar-refractivity contribution in [3.8, 4) is 0 Å². The van der Waals surface area contributed by atoms with Crippen molar-refractivity contribution in [3.05, 3.63) is 0 Å². The summed E-state index contributed by atoms with van der Waals surface area (Å²) in [5, 5.41) is 0. The molecular weight excluding hydrogens is 156 g/mol. The van der Waals surface area contributed by atoms with E-state index in [1.165, 1.54) is 7.11 Å². The highest BCUT2D eigenvalue weighted by Crippen LogP contribution is 2.20. The lowest BCUT2D eigenvalue weighted by Gasteiger charge is -2.08. The standard InChI is InChI=1S/C9H14O3/c1-12-9(11)7-5-3-2-4-6-8(7)10/h7H,2-6H2,1H3. The summed E-state index contributed by atoms with van der Waals surface area (Å²) in [7, 11) is 1.33. The molecule has 0 aromatic rings. The highest BCUT2D eigenvalue weighted by molar-refractivity contribution is 5.99. The Labute approximate surface area is 72.1 Å². The normalized spacial score (nSPS) is 24.8. The number of esters is 1. The van der Waals surface area contributed by atoms with E-state index in [9.17, 15) is 9.59 Å². The van der Waals surface area contributed by atoms with Gasteiger partial charge in [0, 0.05) is 6.42 Å². The lowest BCUT2D eigenvalue weighted by molar-refractivity contribution is -0.149. The molecule has 12 heavy (non-hydrogen) atoms. The molecule has 0 bridgehead atoms. The summed E-state index contributed by atoms with van der Waals surface area (Å²) in [6.45, 7) is 0. The summed E-state index contributed by atoms with van der Waals surface area (Å²) >= 11 is 0. The average Bonchev–Trinajstić information content (AvgIpc) is 2.28. The summed E-state index contributed by atoms with van der Waals surface area (Å²) in [6.07, 6.45) is 4.16. The van der Waals surface area contributed by atoms with Crippen molar-refractivity contribution in [2.75, 3.05) is 7.11 Å². The van der Waals surface area contributed by atoms with Crippen LogP contribution in [0.2, 0.25) is 0 Å². The van der Waals surface area contributed by atoms with E-state index in [1.54, 1.807) is 0 Å². The van der Waals surface area contributed by atoms with Gasteiger partial charge in [-0.2, -0.15) is 0 Å². The Morgan fingerprint density at radius 1 is 1.42 bits per heavy atom. The molecule has 0 amide bonds. The maximum Gasteiger partial charge on any atom is 0.316 e. The third-order valence-electron chi connectivity index (χ3n) is 2.29. The Morgan fingerprint density at radius 2 is 2.17 bits per heavy atom. The zero-order valence-electron chi connectivity index (χ0n) is 7.34. The summed E-state index contributed by atoms with van der Waals surface area (Å²) < 4.78 is 4.56. The van der Waals surface area contributed by atoms with Crippen LogP contribution in [0, 0.1) is 5.92 Å². The van der Waals surface area contributed by atoms with Crippen LogP contribution >= 0.6 is 0 Å². The van der Waals surface area contributed by atoms with Gasteiger partial charge in [0.1, 0.15) is 11.7 Å². The topological polar surface area (TPSA) is 43.4 Å². The van der Waals surface area contributed by atoms with Crippen molar-refractivity contribution >= 4 is 11.8 Å². The molecule has 1 aliphatic rings. The molecule has 1 fully saturated rings. The Hall–Kier alpha value is -0.860. The smallest absolute Gasteiger partial charge is 0.316 e. The molecule has 0 aromatic carbocycles. The van der Waals surface area contributed by atoms with Crippen molar-refractivity contribution < 1.29 is 14.3 Å². The fraction of sp³-hybridized carbons (Fsp3) is 0.778. The van der Waals surface area contributed by atoms with Crippen molar-refractivity contribution in [1.29, 1.82) is 0 Å². The number of Topliss-reactive ketones (excluding diaryl/α,β-unsaturated/α-hetero) is 1. The Morgan fingerprint density at radius 3 is 2.83 bits per heavy atom. The van der Waals surface area contributed by atoms with Gasteiger partial charge < -0.3 is 4.74 Å². The Kier molecular flexibility index (Phi) is 3.26. The summed E-state index contributed by atoms with van der Waals surface area (Å²) in [5.74, 6) is -0.779. The van der Waals surface area contributed by atoms with Crippen LogP contribution in [-0.4, -0.2) is 18.9 Å². The van der Waals surface area contributed by atoms with E-state index in [1.807, 2.05) is 0 Å². The molecular formula is C9H14O3. The van der Waals surface area contributed by atoms with E-state index in [-0.39, 0.29) is 11.8 Å². The van der Waals surface area contributed by atoms with Crippen molar-refractivity contribution in [2.45, 2.75) is 32.1 Å². The van der Waals surface area contributed by atoms with Gasteiger partial charge >= 0.3 is 5.97 Å². The lowest BCUT2D eigenvalue weighted by atomic mass is 9.99. The van der Waals surface area contributed by atoms with E-state index in [4.69, 9.17) is 0 Å². The Balaban J connectivity index is 2.59. The average molecular weight is 170 g/mol. The van der Waals surface area contributed by atoms with E-state index in [0.29, 0.717) is 12.8 Å². The molecule has 0 heterocycles. The fourth-order valence-electron chi connectivity index (χ4n) is 1.55. The summed E-state index contributed by atoms with van der Waals surface area (Å²) in [6, 6.07) is 0. The van der Waals surface area contributed by atoms with Gasteiger partial charge in [-0.15, -0.1) is 0 Å². The van der Waals surface area contributed by atoms with E-state index < -0.39 is 5.92 Å².